The number of hydrogen-bond donors (Lipinski definition) is 2. The topological polar surface area (TPSA) is 71.1 Å². The van der Waals surface area contributed by atoms with E-state index in [0.29, 0.717) is 30.5 Å². The number of aromatic nitrogens is 1. The first-order valence-corrected chi connectivity index (χ1v) is 10.4. The maximum absolute atomic E-state index is 12.9. The van der Waals surface area contributed by atoms with Crippen molar-refractivity contribution in [3.63, 3.8) is 0 Å². The number of rotatable bonds is 6. The fourth-order valence-electron chi connectivity index (χ4n) is 3.76. The molecule has 1 aliphatic carbocycles. The molecule has 0 radical (unpaired) electrons. The van der Waals surface area contributed by atoms with Crippen LogP contribution in [0.1, 0.15) is 55.5 Å². The van der Waals surface area contributed by atoms with Crippen molar-refractivity contribution in [2.75, 3.05) is 6.54 Å². The minimum atomic E-state index is -4.17. The first kappa shape index (κ1) is 22.8. The van der Waals surface area contributed by atoms with Gasteiger partial charge < -0.3 is 10.6 Å². The van der Waals surface area contributed by atoms with Crippen molar-refractivity contribution in [3.05, 3.63) is 47.7 Å². The second-order valence-electron chi connectivity index (χ2n) is 7.99. The molecule has 3 rings (SSSR count). The standard InChI is InChI=1S/C23H26F3N3O2/c1-14(10-11-27-15(2)30)29-22(31)18-12-17-4-3-5-20(21(17)28-13-18)16-6-8-19(9-7-16)23(24,25)26/h3-6,12-14,19H,7-11H2,1-2H3,(H,27,30)(H,29,31)/t14-,19-/m1/s1. The summed E-state index contributed by atoms with van der Waals surface area (Å²) in [6, 6.07) is 7.14. The fourth-order valence-corrected chi connectivity index (χ4v) is 3.76. The van der Waals surface area contributed by atoms with E-state index in [1.807, 2.05) is 25.1 Å². The minimum Gasteiger partial charge on any atom is -0.356 e. The highest BCUT2D eigenvalue weighted by molar-refractivity contribution is 5.99. The predicted octanol–water partition coefficient (Wildman–Crippen LogP) is 4.63. The van der Waals surface area contributed by atoms with Crippen molar-refractivity contribution in [2.45, 2.75) is 51.7 Å². The average molecular weight is 433 g/mol. The third kappa shape index (κ3) is 5.83. The van der Waals surface area contributed by atoms with Crippen LogP contribution in [0, 0.1) is 5.92 Å². The number of benzene rings is 1. The van der Waals surface area contributed by atoms with Crippen LogP contribution in [0.4, 0.5) is 13.2 Å². The zero-order valence-corrected chi connectivity index (χ0v) is 17.6. The summed E-state index contributed by atoms with van der Waals surface area (Å²) in [6.07, 6.45) is -0.0170. The Morgan fingerprint density at radius 2 is 2.06 bits per heavy atom. The van der Waals surface area contributed by atoms with Gasteiger partial charge in [-0.2, -0.15) is 13.2 Å². The molecule has 166 valence electrons. The number of halogens is 3. The van der Waals surface area contributed by atoms with Crippen molar-refractivity contribution in [1.29, 1.82) is 0 Å². The Hall–Kier alpha value is -2.90. The molecule has 2 amide bonds. The van der Waals surface area contributed by atoms with Gasteiger partial charge in [-0.1, -0.05) is 24.3 Å². The number of allylic oxidation sites excluding steroid dienone is 2. The maximum atomic E-state index is 12.9. The molecule has 0 unspecified atom stereocenters. The Bertz CT molecular complexity index is 1000. The highest BCUT2D eigenvalue weighted by Crippen LogP contribution is 2.40. The lowest BCUT2D eigenvalue weighted by molar-refractivity contribution is -0.175. The van der Waals surface area contributed by atoms with Gasteiger partial charge in [-0.05, 0) is 44.2 Å². The molecule has 31 heavy (non-hydrogen) atoms. The molecule has 2 N–H and O–H groups in total. The third-order valence-corrected chi connectivity index (χ3v) is 5.52. The van der Waals surface area contributed by atoms with E-state index in [1.165, 1.54) is 13.1 Å². The number of amides is 2. The monoisotopic (exact) mass is 433 g/mol. The summed E-state index contributed by atoms with van der Waals surface area (Å²) < 4.78 is 38.8. The second kappa shape index (κ2) is 9.49. The van der Waals surface area contributed by atoms with Crippen LogP contribution in [0.5, 0.6) is 0 Å². The summed E-state index contributed by atoms with van der Waals surface area (Å²) in [4.78, 5) is 27.9. The summed E-state index contributed by atoms with van der Waals surface area (Å²) in [6.45, 7) is 3.77. The first-order valence-electron chi connectivity index (χ1n) is 10.4. The van der Waals surface area contributed by atoms with Gasteiger partial charge in [-0.15, -0.1) is 0 Å². The van der Waals surface area contributed by atoms with Crippen molar-refractivity contribution < 1.29 is 22.8 Å². The lowest BCUT2D eigenvalue weighted by Gasteiger charge is -2.24. The highest BCUT2D eigenvalue weighted by Gasteiger charge is 2.39. The van der Waals surface area contributed by atoms with Gasteiger partial charge in [0, 0.05) is 36.7 Å². The Morgan fingerprint density at radius 1 is 1.29 bits per heavy atom. The van der Waals surface area contributed by atoms with Gasteiger partial charge in [0.15, 0.2) is 0 Å². The number of fused-ring (bicyclic) bond motifs is 1. The average Bonchev–Trinajstić information content (AvgIpc) is 2.72. The molecular weight excluding hydrogens is 407 g/mol. The van der Waals surface area contributed by atoms with Crippen LogP contribution < -0.4 is 10.6 Å². The summed E-state index contributed by atoms with van der Waals surface area (Å²) in [5.74, 6) is -1.67. The van der Waals surface area contributed by atoms with Crippen LogP contribution in [0.15, 0.2) is 36.5 Å². The van der Waals surface area contributed by atoms with Crippen LogP contribution in [0.3, 0.4) is 0 Å². The molecule has 0 aliphatic heterocycles. The summed E-state index contributed by atoms with van der Waals surface area (Å²) in [7, 11) is 0. The van der Waals surface area contributed by atoms with Crippen LogP contribution in [0.25, 0.3) is 16.5 Å². The smallest absolute Gasteiger partial charge is 0.356 e. The number of nitrogens with zero attached hydrogens (tertiary/aromatic N) is 1. The van der Waals surface area contributed by atoms with E-state index in [-0.39, 0.29) is 30.7 Å². The number of alkyl halides is 3. The Kier molecular flexibility index (Phi) is 6.97. The molecule has 8 heteroatoms. The highest BCUT2D eigenvalue weighted by atomic mass is 19.4. The molecule has 1 heterocycles. The molecule has 0 saturated carbocycles. The van der Waals surface area contributed by atoms with E-state index in [1.54, 1.807) is 12.1 Å². The number of carbonyl (C=O) groups is 2. The predicted molar refractivity (Wildman–Crippen MR) is 113 cm³/mol. The molecule has 2 atom stereocenters. The van der Waals surface area contributed by atoms with Gasteiger partial charge in [-0.25, -0.2) is 0 Å². The second-order valence-corrected chi connectivity index (χ2v) is 7.99. The summed E-state index contributed by atoms with van der Waals surface area (Å²) in [5.41, 5.74) is 2.76. The van der Waals surface area contributed by atoms with Crippen LogP contribution in [0.2, 0.25) is 0 Å². The van der Waals surface area contributed by atoms with E-state index >= 15 is 0 Å². The number of hydrogen-bond acceptors (Lipinski definition) is 3. The van der Waals surface area contributed by atoms with E-state index in [0.717, 1.165) is 16.5 Å². The van der Waals surface area contributed by atoms with Crippen LogP contribution >= 0.6 is 0 Å². The van der Waals surface area contributed by atoms with Gasteiger partial charge >= 0.3 is 6.18 Å². The van der Waals surface area contributed by atoms with Gasteiger partial charge in [0.25, 0.3) is 5.91 Å². The third-order valence-electron chi connectivity index (χ3n) is 5.52. The molecule has 0 saturated heterocycles. The molecule has 1 aliphatic rings. The van der Waals surface area contributed by atoms with Gasteiger partial charge in [0.1, 0.15) is 0 Å². The molecule has 1 aromatic heterocycles. The van der Waals surface area contributed by atoms with Crippen molar-refractivity contribution in [2.24, 2.45) is 5.92 Å². The SMILES string of the molecule is CC(=O)NCC[C@@H](C)NC(=O)c1cnc2c(C3=CC[C@@H](C(F)(F)F)CC3)cccc2c1. The largest absolute Gasteiger partial charge is 0.392 e. The van der Waals surface area contributed by atoms with Crippen molar-refractivity contribution >= 4 is 28.3 Å². The molecule has 0 bridgehead atoms. The lowest BCUT2D eigenvalue weighted by Crippen LogP contribution is -2.35. The van der Waals surface area contributed by atoms with Gasteiger partial charge in [-0.3, -0.25) is 14.6 Å². The zero-order chi connectivity index (χ0) is 22.6. The quantitative estimate of drug-likeness (QED) is 0.698. The van der Waals surface area contributed by atoms with Crippen LogP contribution in [-0.4, -0.2) is 35.6 Å². The van der Waals surface area contributed by atoms with E-state index in [4.69, 9.17) is 0 Å². The number of carbonyl (C=O) groups excluding carboxylic acids is 2. The lowest BCUT2D eigenvalue weighted by atomic mass is 9.85. The summed E-state index contributed by atoms with van der Waals surface area (Å²) in [5, 5.41) is 6.33. The molecule has 0 fully saturated rings. The normalized spacial score (nSPS) is 17.7. The van der Waals surface area contributed by atoms with Crippen LogP contribution in [-0.2, 0) is 4.79 Å². The molecule has 5 nitrogen and oxygen atoms in total. The summed E-state index contributed by atoms with van der Waals surface area (Å²) >= 11 is 0. The van der Waals surface area contributed by atoms with Gasteiger partial charge in [0.05, 0.1) is 17.0 Å². The van der Waals surface area contributed by atoms with Crippen molar-refractivity contribution in [1.82, 2.24) is 15.6 Å². The molecule has 2 aromatic rings. The Morgan fingerprint density at radius 3 is 2.71 bits per heavy atom. The molecule has 0 spiro atoms. The van der Waals surface area contributed by atoms with E-state index < -0.39 is 12.1 Å². The first-order chi connectivity index (χ1) is 14.6. The number of pyridine rings is 1. The van der Waals surface area contributed by atoms with E-state index in [9.17, 15) is 22.8 Å². The minimum absolute atomic E-state index is 0.0217. The number of nitrogens with one attached hydrogen (secondary N) is 2. The Labute approximate surface area is 179 Å². The number of para-hydroxylation sites is 1. The maximum Gasteiger partial charge on any atom is 0.392 e. The Balaban J connectivity index is 1.74. The van der Waals surface area contributed by atoms with Crippen molar-refractivity contribution in [3.8, 4) is 0 Å². The molecule has 1 aromatic carbocycles. The van der Waals surface area contributed by atoms with E-state index in [2.05, 4.69) is 15.6 Å². The zero-order valence-electron chi connectivity index (χ0n) is 17.6. The molecular formula is C23H26F3N3O2. The van der Waals surface area contributed by atoms with Gasteiger partial charge in [0.2, 0.25) is 5.91 Å². The fraction of sp³-hybridized carbons (Fsp3) is 0.435.